The average molecular weight is 222 g/mol. The van der Waals surface area contributed by atoms with E-state index in [2.05, 4.69) is 0 Å². The lowest BCUT2D eigenvalue weighted by molar-refractivity contribution is 0.00527. The van der Waals surface area contributed by atoms with Crippen LogP contribution in [0.5, 0.6) is 0 Å². The number of hydrogen-bond donors (Lipinski definition) is 0. The van der Waals surface area contributed by atoms with Gasteiger partial charge in [0.15, 0.2) is 0 Å². The highest BCUT2D eigenvalue weighted by Crippen LogP contribution is 2.10. The molecule has 0 unspecified atom stereocenters. The van der Waals surface area contributed by atoms with Gasteiger partial charge in [-0.3, -0.25) is 0 Å². The number of hydrogen-bond acceptors (Lipinski definition) is 3. The zero-order valence-corrected chi connectivity index (χ0v) is 9.43. The Kier molecular flexibility index (Phi) is 8.90. The van der Waals surface area contributed by atoms with Crippen LogP contribution in [0.3, 0.4) is 0 Å². The zero-order valence-electron chi connectivity index (χ0n) is 9.43. The van der Waals surface area contributed by atoms with Crippen molar-refractivity contribution >= 4 is 0 Å². The molecule has 0 saturated heterocycles. The fourth-order valence-corrected chi connectivity index (χ4v) is 0.806. The van der Waals surface area contributed by atoms with Gasteiger partial charge in [-0.2, -0.15) is 0 Å². The molecule has 0 aliphatic carbocycles. The summed E-state index contributed by atoms with van der Waals surface area (Å²) in [5.74, 6) is -0.449. The SMILES string of the molecule is [CH]C([CH])COCCOCCOCC([CH])([CH])[CH]. The molecule has 0 fully saturated rings. The van der Waals surface area contributed by atoms with Gasteiger partial charge in [0, 0.05) is 5.41 Å². The van der Waals surface area contributed by atoms with E-state index in [-0.39, 0.29) is 6.61 Å². The Morgan fingerprint density at radius 1 is 0.812 bits per heavy atom. The van der Waals surface area contributed by atoms with Crippen LogP contribution in [0.25, 0.3) is 0 Å². The van der Waals surface area contributed by atoms with Crippen molar-refractivity contribution in [1.29, 1.82) is 0 Å². The van der Waals surface area contributed by atoms with Gasteiger partial charge < -0.3 is 14.2 Å². The average Bonchev–Trinajstić information content (AvgIpc) is 2.13. The Bertz CT molecular complexity index is 150. The largest absolute Gasteiger partial charge is 0.379 e. The van der Waals surface area contributed by atoms with Gasteiger partial charge >= 0.3 is 0 Å². The van der Waals surface area contributed by atoms with Crippen LogP contribution >= 0.6 is 0 Å². The van der Waals surface area contributed by atoms with E-state index >= 15 is 0 Å². The van der Waals surface area contributed by atoms with Gasteiger partial charge in [-0.15, -0.1) is 0 Å². The summed E-state index contributed by atoms with van der Waals surface area (Å²) in [4.78, 5) is 0. The van der Waals surface area contributed by atoms with Gasteiger partial charge in [-0.25, -0.2) is 0 Å². The summed E-state index contributed by atoms with van der Waals surface area (Å²) in [6.07, 6.45) is 0. The molecule has 0 aromatic carbocycles. The zero-order chi connectivity index (χ0) is 12.4. The van der Waals surface area contributed by atoms with Crippen LogP contribution < -0.4 is 0 Å². The molecule has 3 nitrogen and oxygen atoms in total. The normalized spacial score (nSPS) is 12.4. The first kappa shape index (κ1) is 15.9. The van der Waals surface area contributed by atoms with Crippen LogP contribution in [0, 0.1) is 46.0 Å². The van der Waals surface area contributed by atoms with Crippen LogP contribution in [-0.2, 0) is 14.2 Å². The smallest absolute Gasteiger partial charge is 0.0701 e. The van der Waals surface area contributed by atoms with Crippen molar-refractivity contribution in [3.05, 3.63) is 34.6 Å². The summed E-state index contributed by atoms with van der Waals surface area (Å²) < 4.78 is 15.3. The van der Waals surface area contributed by atoms with Crippen molar-refractivity contribution in [2.75, 3.05) is 39.6 Å². The monoisotopic (exact) mass is 222 g/mol. The van der Waals surface area contributed by atoms with E-state index in [1.807, 2.05) is 0 Å². The van der Waals surface area contributed by atoms with Crippen molar-refractivity contribution in [2.45, 2.75) is 0 Å². The molecule has 10 radical (unpaired) electrons. The molecule has 0 aromatic rings. The van der Waals surface area contributed by atoms with E-state index in [4.69, 9.17) is 48.8 Å². The van der Waals surface area contributed by atoms with Crippen molar-refractivity contribution in [3.8, 4) is 0 Å². The van der Waals surface area contributed by atoms with E-state index in [1.165, 1.54) is 0 Å². The fourth-order valence-electron chi connectivity index (χ4n) is 0.806. The number of rotatable bonds is 10. The second-order valence-corrected chi connectivity index (χ2v) is 3.52. The van der Waals surface area contributed by atoms with Crippen molar-refractivity contribution in [2.24, 2.45) is 11.3 Å². The van der Waals surface area contributed by atoms with Crippen molar-refractivity contribution in [1.82, 2.24) is 0 Å². The van der Waals surface area contributed by atoms with Crippen molar-refractivity contribution in [3.63, 3.8) is 0 Å². The fraction of sp³-hybridized carbons (Fsp3) is 0.615. The summed E-state index contributed by atoms with van der Waals surface area (Å²) in [6.45, 7) is 28.5. The lowest BCUT2D eigenvalue weighted by Crippen LogP contribution is -2.18. The Balaban J connectivity index is 3.05. The molecule has 0 bridgehead atoms. The van der Waals surface area contributed by atoms with Gasteiger partial charge in [0.05, 0.1) is 39.6 Å². The molecule has 0 aliphatic heterocycles. The first-order chi connectivity index (χ1) is 7.42. The molecule has 0 aliphatic rings. The molecular formula is C13H18O3. The Morgan fingerprint density at radius 3 is 1.81 bits per heavy atom. The highest BCUT2D eigenvalue weighted by atomic mass is 16.5. The first-order valence-electron chi connectivity index (χ1n) is 5.03. The van der Waals surface area contributed by atoms with Crippen LogP contribution in [-0.4, -0.2) is 39.6 Å². The first-order valence-corrected chi connectivity index (χ1v) is 5.03. The molecule has 0 aromatic heterocycles. The van der Waals surface area contributed by atoms with Crippen LogP contribution in [0.4, 0.5) is 0 Å². The van der Waals surface area contributed by atoms with Gasteiger partial charge in [-0.1, -0.05) is 0 Å². The molecule has 0 N–H and O–H groups in total. The Labute approximate surface area is 100 Å². The Hall–Kier alpha value is -0.120. The van der Waals surface area contributed by atoms with E-state index in [1.54, 1.807) is 0 Å². The van der Waals surface area contributed by atoms with E-state index in [0.29, 0.717) is 33.0 Å². The Morgan fingerprint density at radius 2 is 1.31 bits per heavy atom. The molecule has 3 heteroatoms. The van der Waals surface area contributed by atoms with E-state index < -0.39 is 11.3 Å². The van der Waals surface area contributed by atoms with E-state index in [9.17, 15) is 0 Å². The minimum Gasteiger partial charge on any atom is -0.379 e. The molecule has 0 rings (SSSR count). The molecular weight excluding hydrogens is 204 g/mol. The molecule has 0 atom stereocenters. The summed E-state index contributed by atoms with van der Waals surface area (Å²) in [7, 11) is 0. The standard InChI is InChI=1S/C13H18O3/c1-12(2)10-15-8-6-14-7-9-16-11-13(3,4)5/h1-5,12H,6-11H2. The maximum Gasteiger partial charge on any atom is 0.0701 e. The van der Waals surface area contributed by atoms with Crippen molar-refractivity contribution < 1.29 is 14.2 Å². The highest BCUT2D eigenvalue weighted by Gasteiger charge is 2.10. The third kappa shape index (κ3) is 13.9. The molecule has 0 heterocycles. The minimum atomic E-state index is -1.29. The molecule has 88 valence electrons. The molecule has 0 saturated carbocycles. The van der Waals surface area contributed by atoms with Gasteiger partial charge in [0.2, 0.25) is 0 Å². The summed E-state index contributed by atoms with van der Waals surface area (Å²) >= 11 is 0. The third-order valence-corrected chi connectivity index (χ3v) is 1.41. The van der Waals surface area contributed by atoms with Gasteiger partial charge in [0.25, 0.3) is 0 Å². The minimum absolute atomic E-state index is 0.0783. The highest BCUT2D eigenvalue weighted by molar-refractivity contribution is 4.86. The van der Waals surface area contributed by atoms with Gasteiger partial charge in [0.1, 0.15) is 0 Å². The van der Waals surface area contributed by atoms with E-state index in [0.717, 1.165) is 0 Å². The lowest BCUT2D eigenvalue weighted by Gasteiger charge is -2.16. The summed E-state index contributed by atoms with van der Waals surface area (Å²) in [5.41, 5.74) is -1.29. The third-order valence-electron chi connectivity index (χ3n) is 1.41. The van der Waals surface area contributed by atoms with Gasteiger partial charge in [-0.05, 0) is 40.5 Å². The summed E-state index contributed by atoms with van der Waals surface area (Å²) in [5, 5.41) is 0. The lowest BCUT2D eigenvalue weighted by atomic mass is 9.99. The van der Waals surface area contributed by atoms with Crippen LogP contribution in [0.2, 0.25) is 0 Å². The van der Waals surface area contributed by atoms with Crippen LogP contribution in [0.15, 0.2) is 0 Å². The predicted octanol–water partition coefficient (Wildman–Crippen LogP) is 1.19. The summed E-state index contributed by atoms with van der Waals surface area (Å²) in [6, 6.07) is 0. The quantitative estimate of drug-likeness (QED) is 0.520. The number of ether oxygens (including phenoxy) is 3. The maximum absolute atomic E-state index is 5.29. The molecule has 0 amide bonds. The maximum atomic E-state index is 5.29. The second kappa shape index (κ2) is 8.97. The molecule has 16 heavy (non-hydrogen) atoms. The second-order valence-electron chi connectivity index (χ2n) is 3.52. The van der Waals surface area contributed by atoms with Crippen LogP contribution in [0.1, 0.15) is 0 Å². The molecule has 0 spiro atoms. The topological polar surface area (TPSA) is 27.7 Å². The predicted molar refractivity (Wildman–Crippen MR) is 59.9 cm³/mol.